The number of thioether (sulfide) groups is 1. The van der Waals surface area contributed by atoms with E-state index in [1.165, 1.54) is 21.2 Å². The number of aromatic nitrogens is 2. The zero-order chi connectivity index (χ0) is 18.8. The number of benzene rings is 2. The van der Waals surface area contributed by atoms with Gasteiger partial charge < -0.3 is 4.90 Å². The van der Waals surface area contributed by atoms with Crippen LogP contribution in [-0.4, -0.2) is 40.2 Å². The minimum absolute atomic E-state index is 0.0493. The highest BCUT2D eigenvalue weighted by atomic mass is 35.5. The number of hydrogen-bond acceptors (Lipinski definition) is 4. The maximum Gasteiger partial charge on any atom is 0.266 e. The minimum atomic E-state index is -0.180. The molecule has 0 spiro atoms. The summed E-state index contributed by atoms with van der Waals surface area (Å²) < 4.78 is 1.54. The van der Waals surface area contributed by atoms with Gasteiger partial charge in [-0.2, -0.15) is 0 Å². The summed E-state index contributed by atoms with van der Waals surface area (Å²) in [5, 5.41) is 1.56. The monoisotopic (exact) mass is 387 g/mol. The SMILES string of the molecule is Cc1c(Cl)cccc1-n1c(SCC(=O)N(C)C)nc2ccccc2c1=O. The third-order valence-electron chi connectivity index (χ3n) is 4.05. The lowest BCUT2D eigenvalue weighted by Crippen LogP contribution is -2.26. The molecule has 7 heteroatoms. The van der Waals surface area contributed by atoms with Gasteiger partial charge in [0.25, 0.3) is 5.56 Å². The number of hydrogen-bond donors (Lipinski definition) is 0. The van der Waals surface area contributed by atoms with Crippen LogP contribution in [0.2, 0.25) is 5.02 Å². The van der Waals surface area contributed by atoms with Gasteiger partial charge in [-0.15, -0.1) is 0 Å². The Labute approximate surface area is 160 Å². The molecule has 0 saturated heterocycles. The van der Waals surface area contributed by atoms with Crippen LogP contribution in [0, 0.1) is 6.92 Å². The summed E-state index contributed by atoms with van der Waals surface area (Å²) in [5.74, 6) is 0.143. The van der Waals surface area contributed by atoms with E-state index in [0.717, 1.165) is 5.56 Å². The Hall–Kier alpha value is -2.31. The van der Waals surface area contributed by atoms with E-state index in [9.17, 15) is 9.59 Å². The van der Waals surface area contributed by atoms with Crippen molar-refractivity contribution in [1.82, 2.24) is 14.5 Å². The van der Waals surface area contributed by atoms with Crippen LogP contribution in [0.15, 0.2) is 52.4 Å². The van der Waals surface area contributed by atoms with Crippen LogP contribution in [0.1, 0.15) is 5.56 Å². The van der Waals surface area contributed by atoms with Crippen molar-refractivity contribution >= 4 is 40.2 Å². The van der Waals surface area contributed by atoms with Crippen molar-refractivity contribution in [2.24, 2.45) is 0 Å². The largest absolute Gasteiger partial charge is 0.348 e. The van der Waals surface area contributed by atoms with E-state index in [1.54, 1.807) is 38.4 Å². The smallest absolute Gasteiger partial charge is 0.266 e. The van der Waals surface area contributed by atoms with Crippen molar-refractivity contribution in [3.63, 3.8) is 0 Å². The van der Waals surface area contributed by atoms with Crippen LogP contribution in [-0.2, 0) is 4.79 Å². The lowest BCUT2D eigenvalue weighted by atomic mass is 10.2. The third-order valence-corrected chi connectivity index (χ3v) is 5.38. The van der Waals surface area contributed by atoms with Crippen molar-refractivity contribution in [3.05, 3.63) is 63.4 Å². The average molecular weight is 388 g/mol. The van der Waals surface area contributed by atoms with E-state index in [-0.39, 0.29) is 17.2 Å². The molecule has 0 atom stereocenters. The van der Waals surface area contributed by atoms with Crippen LogP contribution in [0.3, 0.4) is 0 Å². The van der Waals surface area contributed by atoms with Gasteiger partial charge in [0.05, 0.1) is 22.3 Å². The number of para-hydroxylation sites is 1. The summed E-state index contributed by atoms with van der Waals surface area (Å²) in [4.78, 5) is 31.3. The fourth-order valence-electron chi connectivity index (χ4n) is 2.52. The summed E-state index contributed by atoms with van der Waals surface area (Å²) in [5.41, 5.74) is 1.88. The van der Waals surface area contributed by atoms with Gasteiger partial charge >= 0.3 is 0 Å². The van der Waals surface area contributed by atoms with Crippen molar-refractivity contribution in [2.45, 2.75) is 12.1 Å². The van der Waals surface area contributed by atoms with Gasteiger partial charge in [0.15, 0.2) is 5.16 Å². The molecule has 1 amide bonds. The zero-order valence-electron chi connectivity index (χ0n) is 14.7. The first-order valence-corrected chi connectivity index (χ1v) is 9.36. The molecular weight excluding hydrogens is 370 g/mol. The molecule has 0 fully saturated rings. The first kappa shape index (κ1) is 18.5. The molecule has 0 aliphatic carbocycles. The molecule has 2 aromatic carbocycles. The Balaban J connectivity index is 2.23. The Morgan fingerprint density at radius 1 is 1.19 bits per heavy atom. The fourth-order valence-corrected chi connectivity index (χ4v) is 3.67. The number of nitrogens with zero attached hydrogens (tertiary/aromatic N) is 3. The Morgan fingerprint density at radius 3 is 2.65 bits per heavy atom. The van der Waals surface area contributed by atoms with Crippen molar-refractivity contribution in [3.8, 4) is 5.69 Å². The molecule has 0 unspecified atom stereocenters. The highest BCUT2D eigenvalue weighted by molar-refractivity contribution is 7.99. The van der Waals surface area contributed by atoms with Gasteiger partial charge in [0.2, 0.25) is 5.91 Å². The Bertz CT molecular complexity index is 1050. The molecule has 0 N–H and O–H groups in total. The molecule has 0 bridgehead atoms. The molecule has 1 heterocycles. The van der Waals surface area contributed by atoms with Crippen LogP contribution in [0.4, 0.5) is 0 Å². The van der Waals surface area contributed by atoms with Crippen molar-refractivity contribution in [2.75, 3.05) is 19.8 Å². The summed E-state index contributed by atoms with van der Waals surface area (Å²) in [6.07, 6.45) is 0. The molecule has 3 aromatic rings. The number of amides is 1. The normalized spacial score (nSPS) is 10.9. The topological polar surface area (TPSA) is 55.2 Å². The standard InChI is InChI=1S/C19H18ClN3O2S/c1-12-14(20)8-6-10-16(12)23-18(25)13-7-4-5-9-15(13)21-19(23)26-11-17(24)22(2)3/h4-10H,11H2,1-3H3. The second-order valence-electron chi connectivity index (χ2n) is 6.01. The van der Waals surface area contributed by atoms with Crippen LogP contribution >= 0.6 is 23.4 Å². The summed E-state index contributed by atoms with van der Waals surface area (Å²) >= 11 is 7.49. The third kappa shape index (κ3) is 3.48. The predicted molar refractivity (Wildman–Crippen MR) is 107 cm³/mol. The van der Waals surface area contributed by atoms with Gasteiger partial charge in [-0.1, -0.05) is 41.6 Å². The highest BCUT2D eigenvalue weighted by Crippen LogP contribution is 2.26. The molecule has 0 aliphatic rings. The van der Waals surface area contributed by atoms with Crippen LogP contribution < -0.4 is 5.56 Å². The van der Waals surface area contributed by atoms with E-state index >= 15 is 0 Å². The maximum absolute atomic E-state index is 13.2. The summed E-state index contributed by atoms with van der Waals surface area (Å²) in [7, 11) is 3.40. The predicted octanol–water partition coefficient (Wildman–Crippen LogP) is 3.53. The molecule has 3 rings (SSSR count). The van der Waals surface area contributed by atoms with E-state index < -0.39 is 0 Å². The van der Waals surface area contributed by atoms with E-state index in [1.807, 2.05) is 25.1 Å². The number of carbonyl (C=O) groups excluding carboxylic acids is 1. The highest BCUT2D eigenvalue weighted by Gasteiger charge is 2.17. The summed E-state index contributed by atoms with van der Waals surface area (Å²) in [6.45, 7) is 1.86. The molecule has 0 radical (unpaired) electrons. The maximum atomic E-state index is 13.2. The van der Waals surface area contributed by atoms with Crippen molar-refractivity contribution in [1.29, 1.82) is 0 Å². The number of halogens is 1. The first-order chi connectivity index (χ1) is 12.4. The summed E-state index contributed by atoms with van der Waals surface area (Å²) in [6, 6.07) is 12.6. The first-order valence-electron chi connectivity index (χ1n) is 8.00. The van der Waals surface area contributed by atoms with Gasteiger partial charge in [-0.05, 0) is 36.8 Å². The molecule has 0 aliphatic heterocycles. The molecule has 5 nitrogen and oxygen atoms in total. The lowest BCUT2D eigenvalue weighted by Gasteiger charge is -2.16. The number of carbonyl (C=O) groups is 1. The zero-order valence-corrected chi connectivity index (χ0v) is 16.3. The van der Waals surface area contributed by atoms with Crippen LogP contribution in [0.5, 0.6) is 0 Å². The van der Waals surface area contributed by atoms with Crippen LogP contribution in [0.25, 0.3) is 16.6 Å². The minimum Gasteiger partial charge on any atom is -0.348 e. The fraction of sp³-hybridized carbons (Fsp3) is 0.211. The molecule has 134 valence electrons. The van der Waals surface area contributed by atoms with E-state index in [2.05, 4.69) is 4.98 Å². The van der Waals surface area contributed by atoms with Gasteiger partial charge in [-0.25, -0.2) is 4.98 Å². The number of rotatable bonds is 4. The lowest BCUT2D eigenvalue weighted by molar-refractivity contribution is -0.125. The molecule has 26 heavy (non-hydrogen) atoms. The van der Waals surface area contributed by atoms with Gasteiger partial charge in [0.1, 0.15) is 0 Å². The molecule has 0 saturated carbocycles. The second kappa shape index (κ2) is 7.51. The second-order valence-corrected chi connectivity index (χ2v) is 7.36. The Kier molecular flexibility index (Phi) is 5.34. The van der Waals surface area contributed by atoms with E-state index in [0.29, 0.717) is 26.8 Å². The van der Waals surface area contributed by atoms with Gasteiger partial charge in [0, 0.05) is 19.1 Å². The molecule has 1 aromatic heterocycles. The number of fused-ring (bicyclic) bond motifs is 1. The van der Waals surface area contributed by atoms with Crippen molar-refractivity contribution < 1.29 is 4.79 Å². The molecular formula is C19H18ClN3O2S. The average Bonchev–Trinajstić information content (AvgIpc) is 2.62. The Morgan fingerprint density at radius 2 is 1.92 bits per heavy atom. The van der Waals surface area contributed by atoms with E-state index in [4.69, 9.17) is 11.6 Å². The quantitative estimate of drug-likeness (QED) is 0.507. The van der Waals surface area contributed by atoms with Gasteiger partial charge in [-0.3, -0.25) is 14.2 Å².